The van der Waals surface area contributed by atoms with Gasteiger partial charge in [-0.3, -0.25) is 4.90 Å². The van der Waals surface area contributed by atoms with Crippen LogP contribution in [0, 0.1) is 0 Å². The molecule has 3 unspecified atom stereocenters. The van der Waals surface area contributed by atoms with Crippen molar-refractivity contribution in [1.82, 2.24) is 4.90 Å². The number of likely N-dealkylation sites (tertiary alicyclic amines) is 1. The molecule has 1 fully saturated rings. The van der Waals surface area contributed by atoms with Gasteiger partial charge in [-0.05, 0) is 39.2 Å². The average molecular weight is 263 g/mol. The molecule has 0 radical (unpaired) electrons. The fraction of sp³-hybridized carbons (Fsp3) is 0.625. The molecule has 0 spiro atoms. The zero-order valence-electron chi connectivity index (χ0n) is 12.4. The molecule has 1 aliphatic heterocycles. The summed E-state index contributed by atoms with van der Waals surface area (Å²) in [6.45, 7) is 6.72. The average Bonchev–Trinajstić information content (AvgIpc) is 2.78. The Morgan fingerprint density at radius 1 is 1.42 bits per heavy atom. The SMILES string of the molecule is CCC1CCC(C)N1C(C)c1ccc(OC)cc1O. The van der Waals surface area contributed by atoms with E-state index in [-0.39, 0.29) is 6.04 Å². The first-order valence-corrected chi connectivity index (χ1v) is 7.22. The second-order valence-electron chi connectivity index (χ2n) is 5.54. The number of hydrogen-bond acceptors (Lipinski definition) is 3. The van der Waals surface area contributed by atoms with Crippen LogP contribution < -0.4 is 4.74 Å². The summed E-state index contributed by atoms with van der Waals surface area (Å²) in [4.78, 5) is 2.54. The van der Waals surface area contributed by atoms with Gasteiger partial charge in [0.2, 0.25) is 0 Å². The third kappa shape index (κ3) is 2.71. The van der Waals surface area contributed by atoms with Crippen LogP contribution in [0.1, 0.15) is 51.6 Å². The van der Waals surface area contributed by atoms with E-state index in [4.69, 9.17) is 4.74 Å². The molecule has 1 heterocycles. The number of benzene rings is 1. The van der Waals surface area contributed by atoms with Gasteiger partial charge >= 0.3 is 0 Å². The first-order chi connectivity index (χ1) is 9.08. The largest absolute Gasteiger partial charge is 0.507 e. The van der Waals surface area contributed by atoms with Gasteiger partial charge in [-0.25, -0.2) is 0 Å². The van der Waals surface area contributed by atoms with Crippen LogP contribution in [-0.4, -0.2) is 29.2 Å². The zero-order chi connectivity index (χ0) is 14.0. The highest BCUT2D eigenvalue weighted by molar-refractivity contribution is 5.41. The van der Waals surface area contributed by atoms with E-state index in [1.807, 2.05) is 12.1 Å². The maximum atomic E-state index is 10.2. The number of aromatic hydroxyl groups is 1. The zero-order valence-corrected chi connectivity index (χ0v) is 12.4. The van der Waals surface area contributed by atoms with Gasteiger partial charge in [0.05, 0.1) is 7.11 Å². The Labute approximate surface area is 116 Å². The highest BCUT2D eigenvalue weighted by Gasteiger charge is 2.34. The van der Waals surface area contributed by atoms with Crippen LogP contribution >= 0.6 is 0 Å². The van der Waals surface area contributed by atoms with Crippen LogP contribution in [0.2, 0.25) is 0 Å². The summed E-state index contributed by atoms with van der Waals surface area (Å²) in [6, 6.07) is 7.07. The van der Waals surface area contributed by atoms with E-state index in [0.29, 0.717) is 23.6 Å². The van der Waals surface area contributed by atoms with Crippen molar-refractivity contribution in [3.8, 4) is 11.5 Å². The summed E-state index contributed by atoms with van der Waals surface area (Å²) >= 11 is 0. The van der Waals surface area contributed by atoms with Crippen LogP contribution in [0.15, 0.2) is 18.2 Å². The molecule has 1 saturated heterocycles. The molecule has 1 N–H and O–H groups in total. The van der Waals surface area contributed by atoms with Crippen molar-refractivity contribution in [2.45, 2.75) is 58.2 Å². The Balaban J connectivity index is 2.25. The predicted molar refractivity (Wildman–Crippen MR) is 77.7 cm³/mol. The van der Waals surface area contributed by atoms with Crippen molar-refractivity contribution < 1.29 is 9.84 Å². The van der Waals surface area contributed by atoms with E-state index in [1.165, 1.54) is 19.3 Å². The number of phenols is 1. The minimum atomic E-state index is 0.244. The van der Waals surface area contributed by atoms with Gasteiger partial charge in [0.25, 0.3) is 0 Å². The molecule has 0 saturated carbocycles. The third-order valence-electron chi connectivity index (χ3n) is 4.45. The lowest BCUT2D eigenvalue weighted by Gasteiger charge is -2.34. The van der Waals surface area contributed by atoms with Crippen molar-refractivity contribution in [3.05, 3.63) is 23.8 Å². The summed E-state index contributed by atoms with van der Waals surface area (Å²) in [5, 5.41) is 10.2. The second kappa shape index (κ2) is 5.83. The molecule has 0 bridgehead atoms. The minimum Gasteiger partial charge on any atom is -0.507 e. The Morgan fingerprint density at radius 3 is 2.74 bits per heavy atom. The number of nitrogens with zero attached hydrogens (tertiary/aromatic N) is 1. The maximum absolute atomic E-state index is 10.2. The maximum Gasteiger partial charge on any atom is 0.124 e. The molecule has 1 aromatic carbocycles. The summed E-state index contributed by atoms with van der Waals surface area (Å²) in [6.07, 6.45) is 3.68. The summed E-state index contributed by atoms with van der Waals surface area (Å²) in [7, 11) is 1.62. The Morgan fingerprint density at radius 2 is 2.16 bits per heavy atom. The van der Waals surface area contributed by atoms with Gasteiger partial charge in [0, 0.05) is 29.8 Å². The van der Waals surface area contributed by atoms with Crippen molar-refractivity contribution >= 4 is 0 Å². The molecule has 3 nitrogen and oxygen atoms in total. The standard InChI is InChI=1S/C16H25NO2/c1-5-13-7-6-11(2)17(13)12(3)15-9-8-14(19-4)10-16(15)18/h8-13,18H,5-7H2,1-4H3. The molecule has 0 aromatic heterocycles. The Hall–Kier alpha value is -1.22. The van der Waals surface area contributed by atoms with Crippen LogP contribution in [0.3, 0.4) is 0 Å². The molecule has 0 aliphatic carbocycles. The molecular weight excluding hydrogens is 238 g/mol. The molecule has 3 atom stereocenters. The molecule has 2 rings (SSSR count). The highest BCUT2D eigenvalue weighted by atomic mass is 16.5. The fourth-order valence-electron chi connectivity index (χ4n) is 3.37. The monoisotopic (exact) mass is 263 g/mol. The third-order valence-corrected chi connectivity index (χ3v) is 4.45. The first kappa shape index (κ1) is 14.2. The number of ether oxygens (including phenoxy) is 1. The lowest BCUT2D eigenvalue weighted by molar-refractivity contribution is 0.141. The summed E-state index contributed by atoms with van der Waals surface area (Å²) in [5.41, 5.74) is 0.994. The van der Waals surface area contributed by atoms with Gasteiger partial charge in [-0.15, -0.1) is 0 Å². The van der Waals surface area contributed by atoms with Gasteiger partial charge in [-0.1, -0.05) is 13.0 Å². The van der Waals surface area contributed by atoms with E-state index in [9.17, 15) is 5.11 Å². The van der Waals surface area contributed by atoms with E-state index >= 15 is 0 Å². The van der Waals surface area contributed by atoms with Crippen molar-refractivity contribution in [1.29, 1.82) is 0 Å². The second-order valence-corrected chi connectivity index (χ2v) is 5.54. The van der Waals surface area contributed by atoms with E-state index in [0.717, 1.165) is 5.56 Å². The Kier molecular flexibility index (Phi) is 4.35. The topological polar surface area (TPSA) is 32.7 Å². The van der Waals surface area contributed by atoms with Gasteiger partial charge in [-0.2, -0.15) is 0 Å². The molecule has 3 heteroatoms. The summed E-state index contributed by atoms with van der Waals surface area (Å²) < 4.78 is 5.15. The van der Waals surface area contributed by atoms with Gasteiger partial charge in [0.15, 0.2) is 0 Å². The van der Waals surface area contributed by atoms with Crippen LogP contribution in [0.4, 0.5) is 0 Å². The van der Waals surface area contributed by atoms with E-state index in [1.54, 1.807) is 13.2 Å². The molecule has 106 valence electrons. The lowest BCUT2D eigenvalue weighted by Crippen LogP contribution is -2.36. The van der Waals surface area contributed by atoms with Crippen molar-refractivity contribution in [2.24, 2.45) is 0 Å². The predicted octanol–water partition coefficient (Wildman–Crippen LogP) is 3.72. The number of hydrogen-bond donors (Lipinski definition) is 1. The number of rotatable bonds is 4. The van der Waals surface area contributed by atoms with Crippen molar-refractivity contribution in [2.75, 3.05) is 7.11 Å². The van der Waals surface area contributed by atoms with Gasteiger partial charge < -0.3 is 9.84 Å². The summed E-state index contributed by atoms with van der Waals surface area (Å²) in [5.74, 6) is 1.04. The number of methoxy groups -OCH3 is 1. The van der Waals surface area contributed by atoms with Gasteiger partial charge in [0.1, 0.15) is 11.5 Å². The van der Waals surface area contributed by atoms with Crippen LogP contribution in [0.25, 0.3) is 0 Å². The quantitative estimate of drug-likeness (QED) is 0.898. The number of phenolic OH excluding ortho intramolecular Hbond substituents is 1. The molecular formula is C16H25NO2. The van der Waals surface area contributed by atoms with Crippen LogP contribution in [0.5, 0.6) is 11.5 Å². The lowest BCUT2D eigenvalue weighted by atomic mass is 10.0. The highest BCUT2D eigenvalue weighted by Crippen LogP contribution is 2.38. The molecule has 0 amide bonds. The molecule has 19 heavy (non-hydrogen) atoms. The van der Waals surface area contributed by atoms with Crippen LogP contribution in [-0.2, 0) is 0 Å². The minimum absolute atomic E-state index is 0.244. The molecule has 1 aromatic rings. The Bertz CT molecular complexity index is 433. The normalized spacial score (nSPS) is 25.5. The first-order valence-electron chi connectivity index (χ1n) is 7.22. The smallest absolute Gasteiger partial charge is 0.124 e. The van der Waals surface area contributed by atoms with E-state index < -0.39 is 0 Å². The molecule has 1 aliphatic rings. The fourth-order valence-corrected chi connectivity index (χ4v) is 3.37. The van der Waals surface area contributed by atoms with E-state index in [2.05, 4.69) is 25.7 Å². The van der Waals surface area contributed by atoms with Crippen molar-refractivity contribution in [3.63, 3.8) is 0 Å².